The van der Waals surface area contributed by atoms with Crippen LogP contribution >= 0.6 is 11.3 Å². The second-order valence-corrected chi connectivity index (χ2v) is 4.52. The standard InChI is InChI=1S/C11H16N2OS/c14-10(9-4-6-15-8-9)7-13-11-3-1-2-5-12-11/h4,6,8,10,14H,1-3,5,7H2,(H,12,13). The molecule has 82 valence electrons. The first-order valence-corrected chi connectivity index (χ1v) is 6.28. The number of hydrogen-bond acceptors (Lipinski definition) is 4. The maximum Gasteiger partial charge on any atom is 0.0970 e. The predicted octanol–water partition coefficient (Wildman–Crippen LogP) is 1.95. The van der Waals surface area contributed by atoms with Crippen molar-refractivity contribution in [2.75, 3.05) is 13.1 Å². The molecule has 1 aromatic rings. The van der Waals surface area contributed by atoms with Gasteiger partial charge in [-0.25, -0.2) is 0 Å². The molecule has 15 heavy (non-hydrogen) atoms. The Kier molecular flexibility index (Phi) is 3.75. The Hall–Kier alpha value is -0.870. The maximum absolute atomic E-state index is 9.83. The van der Waals surface area contributed by atoms with Crippen molar-refractivity contribution in [1.82, 2.24) is 5.32 Å². The Labute approximate surface area is 93.9 Å². The molecule has 0 fully saturated rings. The molecule has 0 aromatic carbocycles. The lowest BCUT2D eigenvalue weighted by atomic mass is 10.1. The molecule has 0 bridgehead atoms. The van der Waals surface area contributed by atoms with Gasteiger partial charge in [-0.3, -0.25) is 4.99 Å². The van der Waals surface area contributed by atoms with Crippen molar-refractivity contribution in [3.63, 3.8) is 0 Å². The molecule has 4 heteroatoms. The lowest BCUT2D eigenvalue weighted by Gasteiger charge is -2.16. The Bertz CT molecular complexity index is 321. The molecule has 0 spiro atoms. The van der Waals surface area contributed by atoms with Crippen LogP contribution in [-0.2, 0) is 0 Å². The molecular formula is C11H16N2OS. The first kappa shape index (κ1) is 10.6. The fraction of sp³-hybridized carbons (Fsp3) is 0.545. The zero-order valence-corrected chi connectivity index (χ0v) is 9.46. The molecule has 0 amide bonds. The topological polar surface area (TPSA) is 44.6 Å². The minimum absolute atomic E-state index is 0.416. The lowest BCUT2D eigenvalue weighted by Crippen LogP contribution is -2.29. The normalized spacial score (nSPS) is 18.3. The van der Waals surface area contributed by atoms with Crippen molar-refractivity contribution in [3.8, 4) is 0 Å². The van der Waals surface area contributed by atoms with Gasteiger partial charge in [0, 0.05) is 19.5 Å². The molecule has 2 heterocycles. The van der Waals surface area contributed by atoms with Crippen LogP contribution in [0, 0.1) is 0 Å². The highest BCUT2D eigenvalue weighted by Crippen LogP contribution is 2.15. The van der Waals surface area contributed by atoms with Gasteiger partial charge in [-0.05, 0) is 35.2 Å². The summed E-state index contributed by atoms with van der Waals surface area (Å²) in [5, 5.41) is 17.0. The Balaban J connectivity index is 1.80. The minimum Gasteiger partial charge on any atom is -0.387 e. The van der Waals surface area contributed by atoms with Crippen molar-refractivity contribution in [1.29, 1.82) is 0 Å². The maximum atomic E-state index is 9.83. The third-order valence-corrected chi connectivity index (χ3v) is 3.25. The molecular weight excluding hydrogens is 208 g/mol. The van der Waals surface area contributed by atoms with E-state index < -0.39 is 6.10 Å². The first-order chi connectivity index (χ1) is 7.36. The number of nitrogens with one attached hydrogen (secondary N) is 1. The van der Waals surface area contributed by atoms with Gasteiger partial charge >= 0.3 is 0 Å². The second-order valence-electron chi connectivity index (χ2n) is 3.74. The van der Waals surface area contributed by atoms with E-state index in [1.54, 1.807) is 11.3 Å². The van der Waals surface area contributed by atoms with E-state index in [1.165, 1.54) is 12.8 Å². The fourth-order valence-electron chi connectivity index (χ4n) is 1.64. The minimum atomic E-state index is -0.416. The van der Waals surface area contributed by atoms with Gasteiger partial charge in [-0.15, -0.1) is 0 Å². The van der Waals surface area contributed by atoms with Gasteiger partial charge in [0.15, 0.2) is 0 Å². The van der Waals surface area contributed by atoms with E-state index in [1.807, 2.05) is 16.8 Å². The molecule has 0 radical (unpaired) electrons. The highest BCUT2D eigenvalue weighted by atomic mass is 32.1. The third kappa shape index (κ3) is 3.04. The van der Waals surface area contributed by atoms with Crippen molar-refractivity contribution in [2.24, 2.45) is 4.99 Å². The van der Waals surface area contributed by atoms with Crippen molar-refractivity contribution in [2.45, 2.75) is 25.4 Å². The number of hydrogen-bond donors (Lipinski definition) is 2. The van der Waals surface area contributed by atoms with E-state index in [4.69, 9.17) is 0 Å². The van der Waals surface area contributed by atoms with Gasteiger partial charge < -0.3 is 10.4 Å². The van der Waals surface area contributed by atoms with Gasteiger partial charge in [-0.2, -0.15) is 11.3 Å². The Morgan fingerprint density at radius 3 is 3.13 bits per heavy atom. The van der Waals surface area contributed by atoms with Crippen LogP contribution in [0.2, 0.25) is 0 Å². The molecule has 1 aliphatic heterocycles. The van der Waals surface area contributed by atoms with Gasteiger partial charge in [0.2, 0.25) is 0 Å². The number of rotatable bonds is 3. The summed E-state index contributed by atoms with van der Waals surface area (Å²) in [6, 6.07) is 1.96. The van der Waals surface area contributed by atoms with Gasteiger partial charge in [0.1, 0.15) is 0 Å². The molecule has 0 aliphatic carbocycles. The highest BCUT2D eigenvalue weighted by molar-refractivity contribution is 7.07. The van der Waals surface area contributed by atoms with E-state index in [9.17, 15) is 5.11 Å². The largest absolute Gasteiger partial charge is 0.387 e. The summed E-state index contributed by atoms with van der Waals surface area (Å²) in [4.78, 5) is 4.38. The second kappa shape index (κ2) is 5.28. The van der Waals surface area contributed by atoms with Crippen molar-refractivity contribution < 1.29 is 5.11 Å². The van der Waals surface area contributed by atoms with Crippen LogP contribution in [0.3, 0.4) is 0 Å². The van der Waals surface area contributed by atoms with Crippen LogP contribution in [0.1, 0.15) is 30.9 Å². The van der Waals surface area contributed by atoms with Crippen LogP contribution in [0.5, 0.6) is 0 Å². The number of aliphatic imine (C=N–C) groups is 1. The number of aliphatic hydroxyl groups excluding tert-OH is 1. The van der Waals surface area contributed by atoms with Crippen LogP contribution in [0.15, 0.2) is 21.8 Å². The van der Waals surface area contributed by atoms with E-state index >= 15 is 0 Å². The number of aliphatic hydroxyl groups is 1. The molecule has 3 nitrogen and oxygen atoms in total. The van der Waals surface area contributed by atoms with Gasteiger partial charge in [0.05, 0.1) is 11.9 Å². The molecule has 2 N–H and O–H groups in total. The summed E-state index contributed by atoms with van der Waals surface area (Å²) in [6.07, 6.45) is 3.01. The summed E-state index contributed by atoms with van der Waals surface area (Å²) in [7, 11) is 0. The van der Waals surface area contributed by atoms with E-state index in [0.29, 0.717) is 6.54 Å². The van der Waals surface area contributed by atoms with E-state index in [0.717, 1.165) is 24.4 Å². The SMILES string of the molecule is OC(CNC1=NCCCC1)c1ccsc1. The highest BCUT2D eigenvalue weighted by Gasteiger charge is 2.10. The average molecular weight is 224 g/mol. The van der Waals surface area contributed by atoms with Crippen molar-refractivity contribution >= 4 is 17.2 Å². The average Bonchev–Trinajstić information content (AvgIpc) is 2.81. The summed E-state index contributed by atoms with van der Waals surface area (Å²) in [5.74, 6) is 1.05. The summed E-state index contributed by atoms with van der Waals surface area (Å²) < 4.78 is 0. The summed E-state index contributed by atoms with van der Waals surface area (Å²) in [5.41, 5.74) is 0.990. The van der Waals surface area contributed by atoms with Gasteiger partial charge in [0.25, 0.3) is 0 Å². The monoisotopic (exact) mass is 224 g/mol. The molecule has 2 rings (SSSR count). The molecule has 1 aliphatic rings. The zero-order valence-electron chi connectivity index (χ0n) is 8.65. The van der Waals surface area contributed by atoms with E-state index in [-0.39, 0.29) is 0 Å². The Morgan fingerprint density at radius 1 is 1.53 bits per heavy atom. The third-order valence-electron chi connectivity index (χ3n) is 2.55. The molecule has 1 atom stereocenters. The first-order valence-electron chi connectivity index (χ1n) is 5.33. The fourth-order valence-corrected chi connectivity index (χ4v) is 2.35. The van der Waals surface area contributed by atoms with Gasteiger partial charge in [-0.1, -0.05) is 0 Å². The molecule has 0 saturated heterocycles. The van der Waals surface area contributed by atoms with Crippen LogP contribution in [0.25, 0.3) is 0 Å². The molecule has 1 aromatic heterocycles. The Morgan fingerprint density at radius 2 is 2.47 bits per heavy atom. The number of amidine groups is 1. The smallest absolute Gasteiger partial charge is 0.0970 e. The van der Waals surface area contributed by atoms with Crippen LogP contribution in [-0.4, -0.2) is 24.0 Å². The molecule has 0 saturated carbocycles. The lowest BCUT2D eigenvalue weighted by molar-refractivity contribution is 0.181. The number of nitrogens with zero attached hydrogens (tertiary/aromatic N) is 1. The van der Waals surface area contributed by atoms with Crippen LogP contribution < -0.4 is 5.32 Å². The van der Waals surface area contributed by atoms with E-state index in [2.05, 4.69) is 10.3 Å². The number of thiophene rings is 1. The summed E-state index contributed by atoms with van der Waals surface area (Å²) in [6.45, 7) is 1.49. The summed E-state index contributed by atoms with van der Waals surface area (Å²) >= 11 is 1.61. The molecule has 1 unspecified atom stereocenters. The predicted molar refractivity (Wildman–Crippen MR) is 63.4 cm³/mol. The zero-order chi connectivity index (χ0) is 10.5. The van der Waals surface area contributed by atoms with Crippen molar-refractivity contribution in [3.05, 3.63) is 22.4 Å². The van der Waals surface area contributed by atoms with Crippen LogP contribution in [0.4, 0.5) is 0 Å². The quantitative estimate of drug-likeness (QED) is 0.824.